The second-order valence-electron chi connectivity index (χ2n) is 7.10. The molecule has 4 nitrogen and oxygen atoms in total. The third-order valence-corrected chi connectivity index (χ3v) is 6.30. The molecule has 0 aromatic heterocycles. The molecule has 0 amide bonds. The van der Waals surface area contributed by atoms with Crippen LogP contribution in [0.15, 0.2) is 35.6 Å². The minimum absolute atomic E-state index is 0.0477. The Morgan fingerprint density at radius 1 is 1.22 bits per heavy atom. The van der Waals surface area contributed by atoms with Gasteiger partial charge in [-0.3, -0.25) is 0 Å². The van der Waals surface area contributed by atoms with Crippen LogP contribution in [0, 0.1) is 0 Å². The lowest BCUT2D eigenvalue weighted by Crippen LogP contribution is -3.15. The molecule has 4 aliphatic rings. The quantitative estimate of drug-likeness (QED) is 0.884. The second-order valence-corrected chi connectivity index (χ2v) is 7.10. The van der Waals surface area contributed by atoms with Crippen molar-refractivity contribution in [2.45, 2.75) is 30.4 Å². The molecule has 1 spiro atoms. The van der Waals surface area contributed by atoms with E-state index in [1.807, 2.05) is 0 Å². The van der Waals surface area contributed by atoms with Crippen LogP contribution in [-0.2, 0) is 16.6 Å². The summed E-state index contributed by atoms with van der Waals surface area (Å²) in [6.07, 6.45) is 6.53. The van der Waals surface area contributed by atoms with Gasteiger partial charge < -0.3 is 19.1 Å². The van der Waals surface area contributed by atoms with Gasteiger partial charge in [0.2, 0.25) is 0 Å². The Hall–Kier alpha value is -1.94. The maximum atomic E-state index is 6.47. The van der Waals surface area contributed by atoms with Crippen LogP contribution in [0.25, 0.3) is 0 Å². The van der Waals surface area contributed by atoms with Crippen LogP contribution < -0.4 is 14.4 Å². The molecule has 5 rings (SSSR count). The zero-order valence-electron chi connectivity index (χ0n) is 13.8. The molecule has 2 aliphatic carbocycles. The van der Waals surface area contributed by atoms with Gasteiger partial charge in [-0.25, -0.2) is 0 Å². The summed E-state index contributed by atoms with van der Waals surface area (Å²) < 4.78 is 17.7. The Bertz CT molecular complexity index is 766. The van der Waals surface area contributed by atoms with Gasteiger partial charge in [-0.2, -0.15) is 0 Å². The summed E-state index contributed by atoms with van der Waals surface area (Å²) in [5.41, 5.74) is 4.25. The molecule has 1 aromatic carbocycles. The number of hydrogen-bond donors (Lipinski definition) is 1. The van der Waals surface area contributed by atoms with Crippen molar-refractivity contribution in [1.29, 1.82) is 0 Å². The molecule has 120 valence electrons. The number of methoxy groups -OCH3 is 2. The average molecular weight is 312 g/mol. The first-order chi connectivity index (χ1) is 11.2. The number of piperidine rings is 1. The minimum atomic E-state index is -0.0538. The molecule has 23 heavy (non-hydrogen) atoms. The highest BCUT2D eigenvalue weighted by atomic mass is 16.6. The van der Waals surface area contributed by atoms with Crippen molar-refractivity contribution in [2.24, 2.45) is 0 Å². The first-order valence-electron chi connectivity index (χ1n) is 8.36. The van der Waals surface area contributed by atoms with Gasteiger partial charge in [0.05, 0.1) is 33.2 Å². The van der Waals surface area contributed by atoms with Gasteiger partial charge in [-0.15, -0.1) is 0 Å². The molecule has 4 heteroatoms. The molecule has 2 bridgehead atoms. The van der Waals surface area contributed by atoms with Crippen molar-refractivity contribution in [3.05, 3.63) is 46.7 Å². The molecule has 0 radical (unpaired) electrons. The van der Waals surface area contributed by atoms with Crippen LogP contribution in [0.2, 0.25) is 0 Å². The van der Waals surface area contributed by atoms with Crippen molar-refractivity contribution in [1.82, 2.24) is 0 Å². The fourth-order valence-corrected chi connectivity index (χ4v) is 5.24. The molecule has 1 N–H and O–H groups in total. The van der Waals surface area contributed by atoms with Gasteiger partial charge in [-0.05, 0) is 17.7 Å². The monoisotopic (exact) mass is 312 g/mol. The van der Waals surface area contributed by atoms with Gasteiger partial charge >= 0.3 is 0 Å². The fourth-order valence-electron chi connectivity index (χ4n) is 5.24. The van der Waals surface area contributed by atoms with E-state index in [9.17, 15) is 0 Å². The van der Waals surface area contributed by atoms with Crippen LogP contribution >= 0.6 is 0 Å². The van der Waals surface area contributed by atoms with Crippen LogP contribution in [0.3, 0.4) is 0 Å². The predicted octanol–water partition coefficient (Wildman–Crippen LogP) is 1.01. The number of nitrogens with one attached hydrogen (secondary N) is 1. The van der Waals surface area contributed by atoms with E-state index in [-0.39, 0.29) is 11.5 Å². The van der Waals surface area contributed by atoms with E-state index >= 15 is 0 Å². The highest BCUT2D eigenvalue weighted by molar-refractivity contribution is 5.67. The number of benzene rings is 1. The van der Waals surface area contributed by atoms with Crippen molar-refractivity contribution in [2.75, 3.05) is 27.8 Å². The lowest BCUT2D eigenvalue weighted by molar-refractivity contribution is -0.906. The topological polar surface area (TPSA) is 32.1 Å². The number of likely N-dealkylation sites (N-methyl/N-ethyl adjacent to an activating group) is 1. The van der Waals surface area contributed by atoms with Gasteiger partial charge in [0.1, 0.15) is 11.8 Å². The normalized spacial score (nSPS) is 35.7. The van der Waals surface area contributed by atoms with E-state index in [0.717, 1.165) is 36.6 Å². The molecular formula is C19H22NO3+. The van der Waals surface area contributed by atoms with Crippen molar-refractivity contribution >= 4 is 0 Å². The standard InChI is InChI=1S/C19H21NO3/c1-20-9-8-19-12-5-7-15(22-3)18(19)23-17-14(21-2)6-4-11(16(17)19)10-13(12)20/h4-7,13,18H,8-10H2,1-3H3/p+1/t13-,18-,19+/m1/s1. The molecule has 2 aliphatic heterocycles. The molecule has 1 aromatic rings. The molecule has 2 heterocycles. The average Bonchev–Trinajstić information content (AvgIpc) is 2.92. The molecule has 0 saturated carbocycles. The van der Waals surface area contributed by atoms with Gasteiger partial charge in [0.25, 0.3) is 0 Å². The summed E-state index contributed by atoms with van der Waals surface area (Å²) in [5.74, 6) is 2.70. The second kappa shape index (κ2) is 4.32. The Kier molecular flexibility index (Phi) is 2.54. The lowest BCUT2D eigenvalue weighted by atomic mass is 9.57. The van der Waals surface area contributed by atoms with Crippen LogP contribution in [0.4, 0.5) is 0 Å². The number of likely N-dealkylation sites (tertiary alicyclic amines) is 1. The number of quaternary nitrogens is 1. The van der Waals surface area contributed by atoms with Crippen LogP contribution in [0.5, 0.6) is 11.5 Å². The molecule has 1 fully saturated rings. The predicted molar refractivity (Wildman–Crippen MR) is 86.1 cm³/mol. The van der Waals surface area contributed by atoms with Crippen LogP contribution in [0.1, 0.15) is 17.5 Å². The Morgan fingerprint density at radius 2 is 2.09 bits per heavy atom. The number of allylic oxidation sites excluding steroid dienone is 2. The Balaban J connectivity index is 1.84. The van der Waals surface area contributed by atoms with E-state index in [0.29, 0.717) is 6.04 Å². The maximum absolute atomic E-state index is 6.47. The van der Waals surface area contributed by atoms with E-state index in [1.165, 1.54) is 16.7 Å². The highest BCUT2D eigenvalue weighted by Gasteiger charge is 2.63. The minimum Gasteiger partial charge on any atom is -0.497 e. The third kappa shape index (κ3) is 1.41. The first kappa shape index (κ1) is 13.5. The first-order valence-corrected chi connectivity index (χ1v) is 8.36. The van der Waals surface area contributed by atoms with Gasteiger partial charge in [-0.1, -0.05) is 12.1 Å². The van der Waals surface area contributed by atoms with E-state index in [4.69, 9.17) is 14.2 Å². The van der Waals surface area contributed by atoms with E-state index in [1.54, 1.807) is 19.1 Å². The van der Waals surface area contributed by atoms with Crippen LogP contribution in [-0.4, -0.2) is 40.0 Å². The summed E-state index contributed by atoms with van der Waals surface area (Å²) in [4.78, 5) is 1.60. The van der Waals surface area contributed by atoms with Crippen molar-refractivity contribution in [3.63, 3.8) is 0 Å². The summed E-state index contributed by atoms with van der Waals surface area (Å²) in [6.45, 7) is 1.16. The smallest absolute Gasteiger partial charge is 0.169 e. The third-order valence-electron chi connectivity index (χ3n) is 6.30. The maximum Gasteiger partial charge on any atom is 0.169 e. The summed E-state index contributed by atoms with van der Waals surface area (Å²) in [6, 6.07) is 4.83. The fraction of sp³-hybridized carbons (Fsp3) is 0.474. The molecular weight excluding hydrogens is 290 g/mol. The molecule has 1 unspecified atom stereocenters. The zero-order chi connectivity index (χ0) is 15.8. The largest absolute Gasteiger partial charge is 0.497 e. The zero-order valence-corrected chi connectivity index (χ0v) is 13.8. The Morgan fingerprint density at radius 3 is 2.87 bits per heavy atom. The van der Waals surface area contributed by atoms with Gasteiger partial charge in [0.15, 0.2) is 17.6 Å². The number of rotatable bonds is 2. The SMILES string of the molecule is COC1=CC=C2[C@H]3Cc4ccc(OC)c5c4[C@@]2(CC[NH+]3C)[C@@H]1O5. The summed E-state index contributed by atoms with van der Waals surface area (Å²) >= 11 is 0. The lowest BCUT2D eigenvalue weighted by Gasteiger charge is -2.50. The van der Waals surface area contributed by atoms with E-state index < -0.39 is 0 Å². The van der Waals surface area contributed by atoms with Crippen molar-refractivity contribution in [3.8, 4) is 11.5 Å². The van der Waals surface area contributed by atoms with Crippen molar-refractivity contribution < 1.29 is 19.1 Å². The number of ether oxygens (including phenoxy) is 3. The summed E-state index contributed by atoms with van der Waals surface area (Å²) in [5, 5.41) is 0. The van der Waals surface area contributed by atoms with Gasteiger partial charge in [0, 0.05) is 24.0 Å². The highest BCUT2D eigenvalue weighted by Crippen LogP contribution is 2.60. The summed E-state index contributed by atoms with van der Waals surface area (Å²) in [7, 11) is 5.77. The molecule has 4 atom stereocenters. The number of hydrogen-bond acceptors (Lipinski definition) is 3. The van der Waals surface area contributed by atoms with E-state index in [2.05, 4.69) is 31.3 Å². The Labute approximate surface area is 136 Å². The molecule has 1 saturated heterocycles.